The van der Waals surface area contributed by atoms with Crippen molar-refractivity contribution < 1.29 is 4.74 Å². The first kappa shape index (κ1) is 13.2. The second-order valence-electron chi connectivity index (χ2n) is 5.35. The van der Waals surface area contributed by atoms with Crippen LogP contribution in [0.25, 0.3) is 0 Å². The standard InChI is InChI=1S/C16H21N3O/c17-16(18-11-12-6-8-20-9-7-12)19-15-5-4-13-2-1-3-14(13)10-15/h4-6,10H,1-3,7-9,11H2,(H3,17,18,19). The van der Waals surface area contributed by atoms with Crippen molar-refractivity contribution >= 4 is 11.6 Å². The molecule has 1 aromatic carbocycles. The summed E-state index contributed by atoms with van der Waals surface area (Å²) in [6, 6.07) is 6.47. The van der Waals surface area contributed by atoms with Gasteiger partial charge in [0.1, 0.15) is 0 Å². The van der Waals surface area contributed by atoms with Gasteiger partial charge in [-0.1, -0.05) is 12.1 Å². The van der Waals surface area contributed by atoms with Crippen molar-refractivity contribution in [2.75, 3.05) is 25.1 Å². The normalized spacial score (nSPS) is 18.6. The van der Waals surface area contributed by atoms with E-state index in [4.69, 9.17) is 10.5 Å². The quantitative estimate of drug-likeness (QED) is 0.503. The fraction of sp³-hybridized carbons (Fsp3) is 0.438. The summed E-state index contributed by atoms with van der Waals surface area (Å²) in [6.07, 6.45) is 6.69. The lowest BCUT2D eigenvalue weighted by atomic mass is 10.1. The monoisotopic (exact) mass is 271 g/mol. The highest BCUT2D eigenvalue weighted by atomic mass is 16.5. The van der Waals surface area contributed by atoms with Crippen molar-refractivity contribution in [3.05, 3.63) is 41.0 Å². The molecule has 3 N–H and O–H groups in total. The molecule has 4 heteroatoms. The zero-order chi connectivity index (χ0) is 13.8. The number of anilines is 1. The second-order valence-corrected chi connectivity index (χ2v) is 5.35. The second kappa shape index (κ2) is 6.09. The number of nitrogens with two attached hydrogens (primary N) is 1. The van der Waals surface area contributed by atoms with Crippen LogP contribution in [-0.2, 0) is 17.6 Å². The summed E-state index contributed by atoms with van der Waals surface area (Å²) in [6.45, 7) is 2.15. The molecule has 0 saturated carbocycles. The molecule has 3 rings (SSSR count). The van der Waals surface area contributed by atoms with Crippen molar-refractivity contribution in [1.82, 2.24) is 0 Å². The summed E-state index contributed by atoms with van der Waals surface area (Å²) in [7, 11) is 0. The van der Waals surface area contributed by atoms with Gasteiger partial charge in [-0.3, -0.25) is 0 Å². The van der Waals surface area contributed by atoms with Gasteiger partial charge < -0.3 is 15.8 Å². The number of guanidine groups is 1. The van der Waals surface area contributed by atoms with E-state index in [1.165, 1.54) is 36.0 Å². The van der Waals surface area contributed by atoms with Crippen LogP contribution < -0.4 is 11.1 Å². The molecule has 0 unspecified atom stereocenters. The molecule has 1 aromatic rings. The van der Waals surface area contributed by atoms with E-state index < -0.39 is 0 Å². The van der Waals surface area contributed by atoms with Crippen LogP contribution in [0.1, 0.15) is 24.0 Å². The third-order valence-corrected chi connectivity index (χ3v) is 3.88. The van der Waals surface area contributed by atoms with E-state index >= 15 is 0 Å². The van der Waals surface area contributed by atoms with Gasteiger partial charge in [0.25, 0.3) is 0 Å². The number of aliphatic imine (C=N–C) groups is 1. The van der Waals surface area contributed by atoms with Gasteiger partial charge in [0.05, 0.1) is 19.8 Å². The zero-order valence-electron chi connectivity index (χ0n) is 11.7. The first-order valence-corrected chi connectivity index (χ1v) is 7.26. The van der Waals surface area contributed by atoms with E-state index in [1.807, 2.05) is 0 Å². The molecule has 1 heterocycles. The number of nitrogens with zero attached hydrogens (tertiary/aromatic N) is 1. The summed E-state index contributed by atoms with van der Waals surface area (Å²) in [5.74, 6) is 0.482. The van der Waals surface area contributed by atoms with Gasteiger partial charge in [0, 0.05) is 5.69 Å². The molecule has 0 amide bonds. The number of benzene rings is 1. The van der Waals surface area contributed by atoms with E-state index in [0.29, 0.717) is 19.1 Å². The molecule has 20 heavy (non-hydrogen) atoms. The van der Waals surface area contributed by atoms with Crippen LogP contribution in [-0.4, -0.2) is 25.7 Å². The molecule has 0 saturated heterocycles. The fourth-order valence-electron chi connectivity index (χ4n) is 2.73. The fourth-order valence-corrected chi connectivity index (χ4v) is 2.73. The Hall–Kier alpha value is -1.81. The van der Waals surface area contributed by atoms with Crippen LogP contribution in [0.2, 0.25) is 0 Å². The lowest BCUT2D eigenvalue weighted by molar-refractivity contribution is 0.154. The third kappa shape index (κ3) is 3.20. The summed E-state index contributed by atoms with van der Waals surface area (Å²) in [5.41, 5.74) is 11.2. The highest BCUT2D eigenvalue weighted by Gasteiger charge is 2.10. The molecular formula is C16H21N3O. The van der Waals surface area contributed by atoms with Gasteiger partial charge >= 0.3 is 0 Å². The van der Waals surface area contributed by atoms with Crippen LogP contribution in [0, 0.1) is 0 Å². The van der Waals surface area contributed by atoms with Crippen LogP contribution in [0.15, 0.2) is 34.8 Å². The Morgan fingerprint density at radius 1 is 1.25 bits per heavy atom. The molecule has 0 radical (unpaired) electrons. The Morgan fingerprint density at radius 3 is 3.00 bits per heavy atom. The first-order valence-electron chi connectivity index (χ1n) is 7.26. The molecule has 0 bridgehead atoms. The number of fused-ring (bicyclic) bond motifs is 1. The molecule has 0 fully saturated rings. The Kier molecular flexibility index (Phi) is 4.02. The summed E-state index contributed by atoms with van der Waals surface area (Å²) in [4.78, 5) is 4.40. The third-order valence-electron chi connectivity index (χ3n) is 3.88. The van der Waals surface area contributed by atoms with Gasteiger partial charge in [0.15, 0.2) is 5.96 Å². The predicted octanol–water partition coefficient (Wildman–Crippen LogP) is 2.25. The maximum Gasteiger partial charge on any atom is 0.193 e. The number of rotatable bonds is 3. The van der Waals surface area contributed by atoms with E-state index in [9.17, 15) is 0 Å². The van der Waals surface area contributed by atoms with Crippen molar-refractivity contribution in [3.63, 3.8) is 0 Å². The Balaban J connectivity index is 1.60. The average Bonchev–Trinajstić information content (AvgIpc) is 2.94. The maximum absolute atomic E-state index is 5.95. The minimum absolute atomic E-state index is 0.482. The lowest BCUT2D eigenvalue weighted by Gasteiger charge is -2.12. The van der Waals surface area contributed by atoms with Crippen LogP contribution in [0.5, 0.6) is 0 Å². The molecule has 1 aliphatic carbocycles. The molecule has 0 atom stereocenters. The molecule has 0 spiro atoms. The predicted molar refractivity (Wildman–Crippen MR) is 82.1 cm³/mol. The zero-order valence-corrected chi connectivity index (χ0v) is 11.7. The Morgan fingerprint density at radius 2 is 2.15 bits per heavy atom. The number of hydrogen-bond donors (Lipinski definition) is 2. The van der Waals surface area contributed by atoms with Crippen LogP contribution >= 0.6 is 0 Å². The van der Waals surface area contributed by atoms with Gasteiger partial charge in [-0.25, -0.2) is 4.99 Å². The van der Waals surface area contributed by atoms with Gasteiger partial charge in [-0.15, -0.1) is 0 Å². The number of ether oxygens (including phenoxy) is 1. The number of aryl methyl sites for hydroxylation is 2. The number of hydrogen-bond acceptors (Lipinski definition) is 2. The highest BCUT2D eigenvalue weighted by molar-refractivity contribution is 5.92. The minimum Gasteiger partial charge on any atom is -0.377 e. The maximum atomic E-state index is 5.95. The first-order chi connectivity index (χ1) is 9.81. The van der Waals surface area contributed by atoms with E-state index in [0.717, 1.165) is 18.7 Å². The van der Waals surface area contributed by atoms with Crippen molar-refractivity contribution in [1.29, 1.82) is 0 Å². The summed E-state index contributed by atoms with van der Waals surface area (Å²) < 4.78 is 5.27. The Bertz CT molecular complexity index is 549. The minimum atomic E-state index is 0.482. The summed E-state index contributed by atoms with van der Waals surface area (Å²) >= 11 is 0. The highest BCUT2D eigenvalue weighted by Crippen LogP contribution is 2.24. The molecule has 4 nitrogen and oxygen atoms in total. The molecule has 0 aromatic heterocycles. The van der Waals surface area contributed by atoms with Gasteiger partial charge in [0.2, 0.25) is 0 Å². The molecular weight excluding hydrogens is 250 g/mol. The smallest absolute Gasteiger partial charge is 0.193 e. The van der Waals surface area contributed by atoms with Crippen LogP contribution in [0.4, 0.5) is 5.69 Å². The van der Waals surface area contributed by atoms with E-state index in [2.05, 4.69) is 34.6 Å². The molecule has 106 valence electrons. The van der Waals surface area contributed by atoms with Gasteiger partial charge in [-0.05, 0) is 54.5 Å². The van der Waals surface area contributed by atoms with Crippen molar-refractivity contribution in [2.24, 2.45) is 10.7 Å². The van der Waals surface area contributed by atoms with Crippen molar-refractivity contribution in [3.8, 4) is 0 Å². The lowest BCUT2D eigenvalue weighted by Crippen LogP contribution is -2.23. The molecule has 2 aliphatic rings. The summed E-state index contributed by atoms with van der Waals surface area (Å²) in [5, 5.41) is 3.18. The molecule has 1 aliphatic heterocycles. The number of nitrogens with one attached hydrogen (secondary N) is 1. The van der Waals surface area contributed by atoms with Crippen molar-refractivity contribution in [2.45, 2.75) is 25.7 Å². The van der Waals surface area contributed by atoms with E-state index in [-0.39, 0.29) is 0 Å². The average molecular weight is 271 g/mol. The Labute approximate surface area is 119 Å². The largest absolute Gasteiger partial charge is 0.377 e. The SMILES string of the molecule is NC(=NCC1=CCOCC1)Nc1ccc2c(c1)CCC2. The van der Waals surface area contributed by atoms with Crippen LogP contribution in [0.3, 0.4) is 0 Å². The topological polar surface area (TPSA) is 59.6 Å². The van der Waals surface area contributed by atoms with E-state index in [1.54, 1.807) is 0 Å². The van der Waals surface area contributed by atoms with Gasteiger partial charge in [-0.2, -0.15) is 0 Å².